The first-order valence-electron chi connectivity index (χ1n) is 7.27. The maximum atomic E-state index is 12.2. The quantitative estimate of drug-likeness (QED) is 0.915. The highest BCUT2D eigenvalue weighted by Gasteiger charge is 2.18. The molecule has 0 radical (unpaired) electrons. The lowest BCUT2D eigenvalue weighted by Crippen LogP contribution is -2.26. The number of amides is 1. The van der Waals surface area contributed by atoms with Crippen LogP contribution in [-0.4, -0.2) is 24.0 Å². The van der Waals surface area contributed by atoms with Gasteiger partial charge in [0, 0.05) is 16.6 Å². The summed E-state index contributed by atoms with van der Waals surface area (Å²) in [5, 5.41) is 6.94. The molecule has 1 aliphatic heterocycles. The molecule has 4 nitrogen and oxygen atoms in total. The van der Waals surface area contributed by atoms with Gasteiger partial charge >= 0.3 is 0 Å². The normalized spacial score (nSPS) is 15.9. The fourth-order valence-electron chi connectivity index (χ4n) is 2.51. The number of thiazole rings is 1. The van der Waals surface area contributed by atoms with Crippen LogP contribution in [0.3, 0.4) is 0 Å². The van der Waals surface area contributed by atoms with Gasteiger partial charge in [0.05, 0.1) is 0 Å². The van der Waals surface area contributed by atoms with Crippen LogP contribution in [0, 0.1) is 6.92 Å². The minimum atomic E-state index is -0.0961. The van der Waals surface area contributed by atoms with Crippen LogP contribution in [0.15, 0.2) is 30.5 Å². The Morgan fingerprint density at radius 3 is 2.71 bits per heavy atom. The van der Waals surface area contributed by atoms with Gasteiger partial charge < -0.3 is 5.32 Å². The smallest absolute Gasteiger partial charge is 0.257 e. The number of benzene rings is 1. The molecule has 0 spiro atoms. The summed E-state index contributed by atoms with van der Waals surface area (Å²) in [7, 11) is 0. The molecule has 3 rings (SSSR count). The molecule has 1 saturated heterocycles. The fourth-order valence-corrected chi connectivity index (χ4v) is 3.49. The summed E-state index contributed by atoms with van der Waals surface area (Å²) in [4.78, 5) is 17.8. The lowest BCUT2D eigenvalue weighted by atomic mass is 9.97. The van der Waals surface area contributed by atoms with Crippen molar-refractivity contribution in [1.82, 2.24) is 10.3 Å². The monoisotopic (exact) mass is 301 g/mol. The molecular weight excluding hydrogens is 282 g/mol. The van der Waals surface area contributed by atoms with Crippen LogP contribution in [0.1, 0.15) is 39.6 Å². The van der Waals surface area contributed by atoms with E-state index in [1.807, 2.05) is 37.4 Å². The van der Waals surface area contributed by atoms with E-state index >= 15 is 0 Å². The summed E-state index contributed by atoms with van der Waals surface area (Å²) in [6.07, 6.45) is 4.20. The predicted octanol–water partition coefficient (Wildman–Crippen LogP) is 3.17. The summed E-state index contributed by atoms with van der Waals surface area (Å²) in [5.41, 5.74) is 1.81. The number of carbonyl (C=O) groups is 1. The predicted molar refractivity (Wildman–Crippen MR) is 86.1 cm³/mol. The van der Waals surface area contributed by atoms with Crippen LogP contribution in [-0.2, 0) is 0 Å². The first kappa shape index (κ1) is 14.2. The number of piperidine rings is 1. The van der Waals surface area contributed by atoms with E-state index in [2.05, 4.69) is 15.6 Å². The van der Waals surface area contributed by atoms with Gasteiger partial charge in [-0.1, -0.05) is 17.7 Å². The summed E-state index contributed by atoms with van der Waals surface area (Å²) in [5.74, 6) is 0.481. The van der Waals surface area contributed by atoms with Gasteiger partial charge in [-0.25, -0.2) is 4.98 Å². The standard InChI is InChI=1S/C16H19N3OS/c1-11-2-4-13(5-3-11)15(20)19-16-18-10-14(21-16)12-6-8-17-9-7-12/h2-5,10,12,17H,6-9H2,1H3,(H,18,19,20). The third-order valence-corrected chi connectivity index (χ3v) is 4.87. The number of rotatable bonds is 3. The molecule has 2 N–H and O–H groups in total. The molecule has 1 aromatic heterocycles. The minimum absolute atomic E-state index is 0.0961. The van der Waals surface area contributed by atoms with Crippen LogP contribution in [0.2, 0.25) is 0 Å². The van der Waals surface area contributed by atoms with Gasteiger partial charge in [-0.15, -0.1) is 11.3 Å². The molecule has 0 saturated carbocycles. The molecule has 1 aromatic carbocycles. The highest BCUT2D eigenvalue weighted by atomic mass is 32.1. The van der Waals surface area contributed by atoms with Crippen molar-refractivity contribution in [3.05, 3.63) is 46.5 Å². The lowest BCUT2D eigenvalue weighted by Gasteiger charge is -2.20. The van der Waals surface area contributed by atoms with E-state index in [0.717, 1.165) is 31.5 Å². The van der Waals surface area contributed by atoms with Gasteiger partial charge in [-0.3, -0.25) is 10.1 Å². The number of aromatic nitrogens is 1. The Morgan fingerprint density at radius 2 is 2.00 bits per heavy atom. The highest BCUT2D eigenvalue weighted by Crippen LogP contribution is 2.31. The van der Waals surface area contributed by atoms with E-state index < -0.39 is 0 Å². The molecule has 21 heavy (non-hydrogen) atoms. The van der Waals surface area contributed by atoms with Crippen molar-refractivity contribution >= 4 is 22.4 Å². The van der Waals surface area contributed by atoms with Gasteiger partial charge in [0.1, 0.15) is 0 Å². The molecule has 2 aromatic rings. The van der Waals surface area contributed by atoms with Crippen LogP contribution < -0.4 is 10.6 Å². The SMILES string of the molecule is Cc1ccc(C(=O)Nc2ncc(C3CCNCC3)s2)cc1. The second-order valence-corrected chi connectivity index (χ2v) is 6.47. The van der Waals surface area contributed by atoms with E-state index in [0.29, 0.717) is 16.6 Å². The van der Waals surface area contributed by atoms with Crippen LogP contribution in [0.4, 0.5) is 5.13 Å². The third kappa shape index (κ3) is 3.49. The van der Waals surface area contributed by atoms with E-state index in [1.54, 1.807) is 11.3 Å². The Hall–Kier alpha value is -1.72. The van der Waals surface area contributed by atoms with Crippen molar-refractivity contribution in [3.8, 4) is 0 Å². The Balaban J connectivity index is 1.66. The molecule has 0 bridgehead atoms. The molecular formula is C16H19N3OS. The minimum Gasteiger partial charge on any atom is -0.317 e. The van der Waals surface area contributed by atoms with Crippen molar-refractivity contribution in [2.24, 2.45) is 0 Å². The molecule has 5 heteroatoms. The number of hydrogen-bond acceptors (Lipinski definition) is 4. The number of aryl methyl sites for hydroxylation is 1. The first-order chi connectivity index (χ1) is 10.2. The van der Waals surface area contributed by atoms with Gasteiger partial charge in [0.25, 0.3) is 5.91 Å². The molecule has 0 atom stereocenters. The average Bonchev–Trinajstić information content (AvgIpc) is 2.97. The number of anilines is 1. The van der Waals surface area contributed by atoms with Crippen molar-refractivity contribution in [3.63, 3.8) is 0 Å². The molecule has 0 aliphatic carbocycles. The maximum Gasteiger partial charge on any atom is 0.257 e. The van der Waals surface area contributed by atoms with Gasteiger partial charge in [-0.2, -0.15) is 0 Å². The highest BCUT2D eigenvalue weighted by molar-refractivity contribution is 7.15. The Bertz CT molecular complexity index is 615. The second kappa shape index (κ2) is 6.37. The van der Waals surface area contributed by atoms with Gasteiger partial charge in [0.2, 0.25) is 0 Å². The third-order valence-electron chi connectivity index (χ3n) is 3.80. The largest absolute Gasteiger partial charge is 0.317 e. The Kier molecular flexibility index (Phi) is 4.31. The van der Waals surface area contributed by atoms with Crippen molar-refractivity contribution in [2.45, 2.75) is 25.7 Å². The molecule has 110 valence electrons. The zero-order chi connectivity index (χ0) is 14.7. The summed E-state index contributed by atoms with van der Waals surface area (Å²) >= 11 is 1.59. The number of carbonyl (C=O) groups excluding carboxylic acids is 1. The van der Waals surface area contributed by atoms with E-state index in [9.17, 15) is 4.79 Å². The molecule has 1 aliphatic rings. The number of hydrogen-bond donors (Lipinski definition) is 2. The summed E-state index contributed by atoms with van der Waals surface area (Å²) in [6.45, 7) is 4.13. The molecule has 2 heterocycles. The van der Waals surface area contributed by atoms with E-state index in [4.69, 9.17) is 0 Å². The number of nitrogens with zero attached hydrogens (tertiary/aromatic N) is 1. The van der Waals surface area contributed by atoms with Crippen LogP contribution in [0.5, 0.6) is 0 Å². The Labute approximate surface area is 128 Å². The van der Waals surface area contributed by atoms with Crippen molar-refractivity contribution < 1.29 is 4.79 Å². The maximum absolute atomic E-state index is 12.2. The topological polar surface area (TPSA) is 54.0 Å². The van der Waals surface area contributed by atoms with Crippen LogP contribution in [0.25, 0.3) is 0 Å². The molecule has 1 amide bonds. The van der Waals surface area contributed by atoms with Crippen molar-refractivity contribution in [1.29, 1.82) is 0 Å². The van der Waals surface area contributed by atoms with E-state index in [-0.39, 0.29) is 5.91 Å². The second-order valence-electron chi connectivity index (χ2n) is 5.41. The fraction of sp³-hybridized carbons (Fsp3) is 0.375. The van der Waals surface area contributed by atoms with E-state index in [1.165, 1.54) is 4.88 Å². The average molecular weight is 301 g/mol. The zero-order valence-corrected chi connectivity index (χ0v) is 12.9. The first-order valence-corrected chi connectivity index (χ1v) is 8.08. The van der Waals surface area contributed by atoms with Gasteiger partial charge in [0.15, 0.2) is 5.13 Å². The zero-order valence-electron chi connectivity index (χ0n) is 12.1. The Morgan fingerprint density at radius 1 is 1.29 bits per heavy atom. The summed E-state index contributed by atoms with van der Waals surface area (Å²) < 4.78 is 0. The lowest BCUT2D eigenvalue weighted by molar-refractivity contribution is 0.102. The van der Waals surface area contributed by atoms with Crippen LogP contribution >= 0.6 is 11.3 Å². The number of nitrogens with one attached hydrogen (secondary N) is 2. The molecule has 1 fully saturated rings. The summed E-state index contributed by atoms with van der Waals surface area (Å²) in [6, 6.07) is 7.56. The molecule has 0 unspecified atom stereocenters. The van der Waals surface area contributed by atoms with Crippen molar-refractivity contribution in [2.75, 3.05) is 18.4 Å². The van der Waals surface area contributed by atoms with Gasteiger partial charge in [-0.05, 0) is 50.9 Å².